The van der Waals surface area contributed by atoms with Crippen LogP contribution in [-0.4, -0.2) is 11.6 Å². The van der Waals surface area contributed by atoms with Crippen LogP contribution in [0.1, 0.15) is 59.3 Å². The van der Waals surface area contributed by atoms with E-state index < -0.39 is 0 Å². The molecule has 23 heavy (non-hydrogen) atoms. The maximum Gasteiger partial charge on any atom is 0.159 e. The fraction of sp³-hybridized carbons (Fsp3) is 0.714. The first kappa shape index (κ1) is 15.4. The Morgan fingerprint density at radius 3 is 2.78 bits per heavy atom. The number of carbonyl (C=O) groups excluding carboxylic acids is 2. The molecule has 0 radical (unpaired) electrons. The second kappa shape index (κ2) is 5.16. The fourth-order valence-corrected chi connectivity index (χ4v) is 6.52. The molecule has 0 aliphatic heterocycles. The van der Waals surface area contributed by atoms with Crippen LogP contribution in [0, 0.1) is 35.0 Å². The minimum absolute atomic E-state index is 0.0535. The molecule has 124 valence electrons. The highest BCUT2D eigenvalue weighted by atomic mass is 16.1. The van der Waals surface area contributed by atoms with Crippen molar-refractivity contribution < 1.29 is 9.59 Å². The van der Waals surface area contributed by atoms with Gasteiger partial charge in [-0.05, 0) is 66.8 Å². The molecule has 0 heterocycles. The van der Waals surface area contributed by atoms with E-state index in [0.717, 1.165) is 18.4 Å². The third-order valence-corrected chi connectivity index (χ3v) is 7.61. The molecule has 4 rings (SSSR count). The van der Waals surface area contributed by atoms with Gasteiger partial charge >= 0.3 is 0 Å². The van der Waals surface area contributed by atoms with Gasteiger partial charge < -0.3 is 0 Å². The molecule has 0 bridgehead atoms. The summed E-state index contributed by atoms with van der Waals surface area (Å²) in [7, 11) is 0. The summed E-state index contributed by atoms with van der Waals surface area (Å²) in [6.45, 7) is 6.96. The van der Waals surface area contributed by atoms with Gasteiger partial charge in [0.2, 0.25) is 0 Å². The number of carbonyl (C=O) groups is 2. The van der Waals surface area contributed by atoms with Crippen LogP contribution < -0.4 is 0 Å². The number of allylic oxidation sites excluding steroid dienone is 4. The molecule has 6 atom stereocenters. The molecule has 4 unspecified atom stereocenters. The van der Waals surface area contributed by atoms with Gasteiger partial charge in [0.25, 0.3) is 0 Å². The van der Waals surface area contributed by atoms with Crippen LogP contribution in [0.2, 0.25) is 0 Å². The second-order valence-corrected chi connectivity index (χ2v) is 8.61. The summed E-state index contributed by atoms with van der Waals surface area (Å²) in [5, 5.41) is 0. The van der Waals surface area contributed by atoms with Crippen molar-refractivity contribution in [2.45, 2.75) is 59.3 Å². The monoisotopic (exact) mass is 312 g/mol. The molecule has 0 amide bonds. The molecule has 4 aliphatic rings. The summed E-state index contributed by atoms with van der Waals surface area (Å²) >= 11 is 0. The molecule has 2 fully saturated rings. The molecule has 0 saturated heterocycles. The van der Waals surface area contributed by atoms with Crippen LogP contribution >= 0.6 is 0 Å². The van der Waals surface area contributed by atoms with E-state index in [-0.39, 0.29) is 17.0 Å². The van der Waals surface area contributed by atoms with Crippen molar-refractivity contribution in [3.8, 4) is 0 Å². The Morgan fingerprint density at radius 1 is 1.26 bits per heavy atom. The van der Waals surface area contributed by atoms with Crippen molar-refractivity contribution in [3.05, 3.63) is 23.3 Å². The van der Waals surface area contributed by atoms with Gasteiger partial charge in [0.15, 0.2) is 11.6 Å². The summed E-state index contributed by atoms with van der Waals surface area (Å²) in [6, 6.07) is 0. The highest BCUT2D eigenvalue weighted by molar-refractivity contribution is 6.05. The SMILES string of the molecule is CCC1=CCC2C3CC(=O)C4=CC(=O)CC[C@]4(C)C3C[C@@H](C)C12. The molecule has 2 heteroatoms. The van der Waals surface area contributed by atoms with Crippen molar-refractivity contribution in [3.63, 3.8) is 0 Å². The lowest BCUT2D eigenvalue weighted by molar-refractivity contribution is -0.129. The average Bonchev–Trinajstić information content (AvgIpc) is 2.96. The van der Waals surface area contributed by atoms with Gasteiger partial charge in [0, 0.05) is 18.4 Å². The van der Waals surface area contributed by atoms with Crippen molar-refractivity contribution >= 4 is 11.6 Å². The zero-order valence-corrected chi connectivity index (χ0v) is 14.6. The minimum atomic E-state index is -0.0535. The first-order valence-corrected chi connectivity index (χ1v) is 9.42. The van der Waals surface area contributed by atoms with Crippen LogP contribution in [0.15, 0.2) is 23.3 Å². The number of hydrogen-bond donors (Lipinski definition) is 0. The number of fused-ring (bicyclic) bond motifs is 5. The van der Waals surface area contributed by atoms with Crippen molar-refractivity contribution in [1.29, 1.82) is 0 Å². The number of rotatable bonds is 1. The molecular formula is C21H28O2. The highest BCUT2D eigenvalue weighted by Crippen LogP contribution is 2.62. The number of hydrogen-bond acceptors (Lipinski definition) is 2. The Morgan fingerprint density at radius 2 is 2.04 bits per heavy atom. The summed E-state index contributed by atoms with van der Waals surface area (Å²) in [5.74, 6) is 3.60. The number of ketones is 2. The lowest BCUT2D eigenvalue weighted by Gasteiger charge is -2.56. The Hall–Kier alpha value is -1.18. The fourth-order valence-electron chi connectivity index (χ4n) is 6.52. The highest BCUT2D eigenvalue weighted by Gasteiger charge is 2.57. The van der Waals surface area contributed by atoms with Gasteiger partial charge in [-0.3, -0.25) is 9.59 Å². The zero-order chi connectivity index (χ0) is 16.4. The van der Waals surface area contributed by atoms with E-state index in [1.54, 1.807) is 11.6 Å². The Balaban J connectivity index is 1.73. The Bertz CT molecular complexity index is 626. The van der Waals surface area contributed by atoms with Crippen LogP contribution in [0.3, 0.4) is 0 Å². The van der Waals surface area contributed by atoms with E-state index in [1.165, 1.54) is 12.8 Å². The molecule has 2 nitrogen and oxygen atoms in total. The standard InChI is InChI=1S/C21H28O2/c1-4-13-5-6-15-16-11-19(23)18-10-14(22)7-8-21(18,3)17(16)9-12(2)20(13)15/h5,10,12,15-17,20H,4,6-9,11H2,1-3H3/t12-,15?,16?,17?,20?,21-/m1/s1. The smallest absolute Gasteiger partial charge is 0.159 e. The van der Waals surface area contributed by atoms with Crippen molar-refractivity contribution in [1.82, 2.24) is 0 Å². The Labute approximate surface area is 139 Å². The third-order valence-electron chi connectivity index (χ3n) is 7.61. The van der Waals surface area contributed by atoms with Gasteiger partial charge in [-0.2, -0.15) is 0 Å². The van der Waals surface area contributed by atoms with Gasteiger partial charge in [0.05, 0.1) is 0 Å². The van der Waals surface area contributed by atoms with Crippen molar-refractivity contribution in [2.75, 3.05) is 0 Å². The lowest BCUT2D eigenvalue weighted by Crippen LogP contribution is -2.52. The van der Waals surface area contributed by atoms with Crippen LogP contribution in [0.25, 0.3) is 0 Å². The predicted molar refractivity (Wildman–Crippen MR) is 90.8 cm³/mol. The summed E-state index contributed by atoms with van der Waals surface area (Å²) in [6.07, 6.45) is 9.89. The van der Waals surface area contributed by atoms with Crippen LogP contribution in [0.4, 0.5) is 0 Å². The van der Waals surface area contributed by atoms with Gasteiger partial charge in [-0.1, -0.05) is 32.4 Å². The second-order valence-electron chi connectivity index (χ2n) is 8.61. The number of Topliss-reactive ketones (excluding diaryl/α,β-unsaturated/α-hetero) is 1. The van der Waals surface area contributed by atoms with Crippen LogP contribution in [0.5, 0.6) is 0 Å². The normalized spacial score (nSPS) is 45.8. The molecule has 0 aromatic rings. The largest absolute Gasteiger partial charge is 0.295 e. The molecule has 0 spiro atoms. The van der Waals surface area contributed by atoms with E-state index in [2.05, 4.69) is 26.8 Å². The molecular weight excluding hydrogens is 284 g/mol. The maximum atomic E-state index is 12.8. The lowest BCUT2D eigenvalue weighted by atomic mass is 9.47. The summed E-state index contributed by atoms with van der Waals surface area (Å²) < 4.78 is 0. The van der Waals surface area contributed by atoms with E-state index in [9.17, 15) is 9.59 Å². The molecule has 0 aromatic carbocycles. The van der Waals surface area contributed by atoms with Gasteiger partial charge in [-0.25, -0.2) is 0 Å². The third kappa shape index (κ3) is 2.06. The maximum absolute atomic E-state index is 12.8. The zero-order valence-electron chi connectivity index (χ0n) is 14.6. The Kier molecular flexibility index (Phi) is 3.44. The van der Waals surface area contributed by atoms with E-state index in [4.69, 9.17) is 0 Å². The van der Waals surface area contributed by atoms with Crippen molar-refractivity contribution in [2.24, 2.45) is 35.0 Å². The molecule has 4 aliphatic carbocycles. The van der Waals surface area contributed by atoms with Gasteiger partial charge in [-0.15, -0.1) is 0 Å². The molecule has 2 saturated carbocycles. The first-order chi connectivity index (χ1) is 11.0. The van der Waals surface area contributed by atoms with E-state index >= 15 is 0 Å². The summed E-state index contributed by atoms with van der Waals surface area (Å²) in [4.78, 5) is 24.7. The van der Waals surface area contributed by atoms with Gasteiger partial charge in [0.1, 0.15) is 0 Å². The predicted octanol–water partition coefficient (Wildman–Crippen LogP) is 4.50. The van der Waals surface area contributed by atoms with E-state index in [1.807, 2.05) is 0 Å². The quantitative estimate of drug-likeness (QED) is 0.668. The molecule has 0 N–H and O–H groups in total. The van der Waals surface area contributed by atoms with E-state index in [0.29, 0.717) is 42.4 Å². The van der Waals surface area contributed by atoms with Crippen LogP contribution in [-0.2, 0) is 9.59 Å². The minimum Gasteiger partial charge on any atom is -0.295 e. The molecule has 0 aromatic heterocycles. The topological polar surface area (TPSA) is 34.1 Å². The summed E-state index contributed by atoms with van der Waals surface area (Å²) in [5.41, 5.74) is 2.45. The average molecular weight is 312 g/mol. The first-order valence-electron chi connectivity index (χ1n) is 9.42.